The van der Waals surface area contributed by atoms with Crippen LogP contribution in [0.4, 0.5) is 4.39 Å². The molecule has 0 spiro atoms. The van der Waals surface area contributed by atoms with E-state index in [2.05, 4.69) is 4.90 Å². The Morgan fingerprint density at radius 1 is 1.04 bits per heavy atom. The van der Waals surface area contributed by atoms with Gasteiger partial charge in [-0.1, -0.05) is 30.3 Å². The predicted octanol–water partition coefficient (Wildman–Crippen LogP) is 3.44. The van der Waals surface area contributed by atoms with Gasteiger partial charge in [0.15, 0.2) is 9.84 Å². The van der Waals surface area contributed by atoms with Crippen molar-refractivity contribution in [1.82, 2.24) is 4.90 Å². The normalized spacial score (nSPS) is 19.1. The van der Waals surface area contributed by atoms with Crippen LogP contribution in [0.15, 0.2) is 59.5 Å². The maximum absolute atomic E-state index is 13.1. The topological polar surface area (TPSA) is 37.4 Å². The van der Waals surface area contributed by atoms with Crippen molar-refractivity contribution >= 4 is 9.84 Å². The lowest BCUT2D eigenvalue weighted by Gasteiger charge is -2.24. The van der Waals surface area contributed by atoms with Gasteiger partial charge >= 0.3 is 0 Å². The van der Waals surface area contributed by atoms with Crippen LogP contribution in [0.2, 0.25) is 0 Å². The molecule has 1 unspecified atom stereocenters. The van der Waals surface area contributed by atoms with Crippen LogP contribution in [0, 0.1) is 5.82 Å². The van der Waals surface area contributed by atoms with E-state index >= 15 is 0 Å². The van der Waals surface area contributed by atoms with Gasteiger partial charge in [-0.15, -0.1) is 0 Å². The van der Waals surface area contributed by atoms with Gasteiger partial charge in [-0.3, -0.25) is 4.90 Å². The first-order valence-corrected chi connectivity index (χ1v) is 9.49. The fourth-order valence-electron chi connectivity index (χ4n) is 3.14. The molecule has 23 heavy (non-hydrogen) atoms. The van der Waals surface area contributed by atoms with Gasteiger partial charge in [0.05, 0.1) is 10.6 Å². The second kappa shape index (κ2) is 6.81. The maximum Gasteiger partial charge on any atom is 0.179 e. The Kier molecular flexibility index (Phi) is 4.78. The zero-order chi connectivity index (χ0) is 16.3. The zero-order valence-electron chi connectivity index (χ0n) is 12.9. The molecule has 1 fully saturated rings. The summed E-state index contributed by atoms with van der Waals surface area (Å²) in [4.78, 5) is 2.56. The molecule has 2 aromatic rings. The molecule has 1 saturated heterocycles. The lowest BCUT2D eigenvalue weighted by molar-refractivity contribution is 0.272. The van der Waals surface area contributed by atoms with Crippen molar-refractivity contribution in [2.24, 2.45) is 0 Å². The van der Waals surface area contributed by atoms with Crippen LogP contribution in [-0.2, 0) is 9.84 Å². The molecular weight excluding hydrogens is 313 g/mol. The van der Waals surface area contributed by atoms with Gasteiger partial charge in [0.1, 0.15) is 5.82 Å². The minimum Gasteiger partial charge on any atom is -0.295 e. The van der Waals surface area contributed by atoms with Crippen LogP contribution in [0.25, 0.3) is 0 Å². The summed E-state index contributed by atoms with van der Waals surface area (Å²) < 4.78 is 37.9. The van der Waals surface area contributed by atoms with E-state index in [-0.39, 0.29) is 17.6 Å². The van der Waals surface area contributed by atoms with Gasteiger partial charge in [-0.05, 0) is 49.2 Å². The smallest absolute Gasteiger partial charge is 0.179 e. The summed E-state index contributed by atoms with van der Waals surface area (Å²) in [6, 6.07) is 15.3. The molecule has 0 aromatic heterocycles. The van der Waals surface area contributed by atoms with Crippen molar-refractivity contribution in [2.75, 3.05) is 18.8 Å². The van der Waals surface area contributed by atoms with Crippen LogP contribution in [-0.4, -0.2) is 32.2 Å². The number of halogens is 1. The number of benzene rings is 2. The van der Waals surface area contributed by atoms with Crippen LogP contribution >= 0.6 is 0 Å². The Morgan fingerprint density at radius 2 is 1.74 bits per heavy atom. The number of nitrogens with zero attached hydrogens (tertiary/aromatic N) is 1. The van der Waals surface area contributed by atoms with E-state index in [4.69, 9.17) is 0 Å². The molecule has 2 aromatic carbocycles. The molecule has 0 aliphatic carbocycles. The highest BCUT2D eigenvalue weighted by molar-refractivity contribution is 7.91. The second-order valence-corrected chi connectivity index (χ2v) is 7.99. The first kappa shape index (κ1) is 16.1. The Bertz CT molecular complexity index is 744. The molecule has 3 nitrogen and oxygen atoms in total. The third-order valence-electron chi connectivity index (χ3n) is 4.37. The molecule has 0 N–H and O–H groups in total. The van der Waals surface area contributed by atoms with Gasteiger partial charge in [-0.2, -0.15) is 0 Å². The van der Waals surface area contributed by atoms with Crippen molar-refractivity contribution in [3.8, 4) is 0 Å². The quantitative estimate of drug-likeness (QED) is 0.841. The molecule has 5 heteroatoms. The van der Waals surface area contributed by atoms with Crippen LogP contribution in [0.1, 0.15) is 24.4 Å². The summed E-state index contributed by atoms with van der Waals surface area (Å²) in [6.45, 7) is 1.38. The molecular formula is C18H20FNO2S. The number of likely N-dealkylation sites (tertiary alicyclic amines) is 1. The summed E-state index contributed by atoms with van der Waals surface area (Å²) in [5.74, 6) is -0.140. The van der Waals surface area contributed by atoms with E-state index in [0.717, 1.165) is 24.9 Å². The molecule has 1 aliphatic rings. The zero-order valence-corrected chi connectivity index (χ0v) is 13.7. The highest BCUT2D eigenvalue weighted by Gasteiger charge is 2.27. The minimum absolute atomic E-state index is 0.106. The van der Waals surface area contributed by atoms with Crippen molar-refractivity contribution in [3.05, 3.63) is 66.0 Å². The summed E-state index contributed by atoms with van der Waals surface area (Å²) in [5.41, 5.74) is 1.06. The fraction of sp³-hybridized carbons (Fsp3) is 0.333. The van der Waals surface area contributed by atoms with E-state index in [0.29, 0.717) is 11.4 Å². The average Bonchev–Trinajstić information content (AvgIpc) is 3.03. The molecule has 1 aliphatic heterocycles. The number of rotatable bonds is 5. The summed E-state index contributed by atoms with van der Waals surface area (Å²) >= 11 is 0. The third kappa shape index (κ3) is 3.79. The van der Waals surface area contributed by atoms with Crippen molar-refractivity contribution in [2.45, 2.75) is 23.8 Å². The van der Waals surface area contributed by atoms with Crippen molar-refractivity contribution < 1.29 is 12.8 Å². The highest BCUT2D eigenvalue weighted by Crippen LogP contribution is 2.31. The Morgan fingerprint density at radius 3 is 2.43 bits per heavy atom. The molecule has 3 rings (SSSR count). The van der Waals surface area contributed by atoms with E-state index in [9.17, 15) is 12.8 Å². The van der Waals surface area contributed by atoms with Crippen LogP contribution in [0.3, 0.4) is 0 Å². The number of hydrogen-bond acceptors (Lipinski definition) is 3. The van der Waals surface area contributed by atoms with Crippen LogP contribution in [0.5, 0.6) is 0 Å². The summed E-state index contributed by atoms with van der Waals surface area (Å²) in [6.07, 6.45) is 2.02. The van der Waals surface area contributed by atoms with Gasteiger partial charge in [0.2, 0.25) is 0 Å². The lowest BCUT2D eigenvalue weighted by atomic mass is 10.0. The summed E-state index contributed by atoms with van der Waals surface area (Å²) in [5, 5.41) is 0. The Hall–Kier alpha value is -1.72. The standard InChI is InChI=1S/C18H20FNO2S/c19-16-10-8-15(9-11-16)18-7-4-12-20(18)13-14-23(21,22)17-5-2-1-3-6-17/h1-3,5-6,8-11,18H,4,7,12-14H2. The second-order valence-electron chi connectivity index (χ2n) is 5.88. The maximum atomic E-state index is 13.1. The van der Waals surface area contributed by atoms with Gasteiger partial charge in [-0.25, -0.2) is 12.8 Å². The van der Waals surface area contributed by atoms with E-state index in [1.165, 1.54) is 12.1 Å². The third-order valence-corrected chi connectivity index (χ3v) is 6.08. The molecule has 0 saturated carbocycles. The van der Waals surface area contributed by atoms with Crippen LogP contribution < -0.4 is 0 Å². The van der Waals surface area contributed by atoms with E-state index < -0.39 is 9.84 Å². The lowest BCUT2D eigenvalue weighted by Crippen LogP contribution is -2.29. The predicted molar refractivity (Wildman–Crippen MR) is 88.4 cm³/mol. The fourth-order valence-corrected chi connectivity index (χ4v) is 4.42. The van der Waals surface area contributed by atoms with Gasteiger partial charge in [0, 0.05) is 12.6 Å². The number of hydrogen-bond donors (Lipinski definition) is 0. The van der Waals surface area contributed by atoms with E-state index in [1.54, 1.807) is 36.4 Å². The van der Waals surface area contributed by atoms with Gasteiger partial charge < -0.3 is 0 Å². The molecule has 1 atom stereocenters. The first-order valence-electron chi connectivity index (χ1n) is 7.83. The van der Waals surface area contributed by atoms with Gasteiger partial charge in [0.25, 0.3) is 0 Å². The molecule has 0 radical (unpaired) electrons. The molecule has 1 heterocycles. The van der Waals surface area contributed by atoms with Crippen molar-refractivity contribution in [1.29, 1.82) is 0 Å². The Balaban J connectivity index is 1.69. The summed E-state index contributed by atoms with van der Waals surface area (Å²) in [7, 11) is -3.26. The monoisotopic (exact) mass is 333 g/mol. The molecule has 0 bridgehead atoms. The molecule has 0 amide bonds. The minimum atomic E-state index is -3.26. The largest absolute Gasteiger partial charge is 0.295 e. The first-order chi connectivity index (χ1) is 11.1. The number of sulfone groups is 1. The highest BCUT2D eigenvalue weighted by atomic mass is 32.2. The Labute approximate surface area is 136 Å². The van der Waals surface area contributed by atoms with E-state index in [1.807, 2.05) is 6.07 Å². The molecule has 122 valence electrons. The average molecular weight is 333 g/mol. The van der Waals surface area contributed by atoms with Crippen molar-refractivity contribution in [3.63, 3.8) is 0 Å². The SMILES string of the molecule is O=S(=O)(CCN1CCCC1c1ccc(F)cc1)c1ccccc1.